The van der Waals surface area contributed by atoms with Gasteiger partial charge in [-0.3, -0.25) is 4.79 Å². The molecule has 4 rings (SSSR count). The third-order valence-corrected chi connectivity index (χ3v) is 5.88. The van der Waals surface area contributed by atoms with Crippen molar-refractivity contribution in [1.29, 1.82) is 0 Å². The number of anilines is 1. The molecule has 27 heavy (non-hydrogen) atoms. The number of hydrogen-bond acceptors (Lipinski definition) is 5. The first kappa shape index (κ1) is 17.9. The Labute approximate surface area is 165 Å². The number of halogens is 1. The van der Waals surface area contributed by atoms with E-state index in [1.54, 1.807) is 14.2 Å². The van der Waals surface area contributed by atoms with Crippen molar-refractivity contribution in [3.63, 3.8) is 0 Å². The summed E-state index contributed by atoms with van der Waals surface area (Å²) in [4.78, 5) is 16.9. The van der Waals surface area contributed by atoms with E-state index in [-0.39, 0.29) is 11.5 Å². The van der Waals surface area contributed by atoms with Gasteiger partial charge in [-0.05, 0) is 31.0 Å². The number of nitrogens with zero attached hydrogens (tertiary/aromatic N) is 1. The third-order valence-electron chi connectivity index (χ3n) is 5.19. The van der Waals surface area contributed by atoms with Crippen molar-refractivity contribution in [3.05, 3.63) is 52.0 Å². The molecule has 1 aliphatic carbocycles. The minimum Gasteiger partial charge on any atom is -0.493 e. The first-order chi connectivity index (χ1) is 13.1. The van der Waals surface area contributed by atoms with Crippen LogP contribution in [0.2, 0.25) is 0 Å². The molecule has 6 nitrogen and oxygen atoms in total. The summed E-state index contributed by atoms with van der Waals surface area (Å²) < 4.78 is 11.7. The van der Waals surface area contributed by atoms with Crippen LogP contribution in [0.3, 0.4) is 0 Å². The van der Waals surface area contributed by atoms with Crippen LogP contribution in [-0.4, -0.2) is 26.3 Å². The van der Waals surface area contributed by atoms with Gasteiger partial charge < -0.3 is 19.6 Å². The molecule has 1 amide bonds. The third kappa shape index (κ3) is 2.86. The van der Waals surface area contributed by atoms with Crippen molar-refractivity contribution in [3.8, 4) is 11.5 Å². The van der Waals surface area contributed by atoms with E-state index in [1.165, 1.54) is 0 Å². The highest BCUT2D eigenvalue weighted by Gasteiger charge is 2.60. The lowest BCUT2D eigenvalue weighted by atomic mass is 9.85. The van der Waals surface area contributed by atoms with Gasteiger partial charge in [-0.1, -0.05) is 39.3 Å². The average molecular weight is 431 g/mol. The molecular weight excluding hydrogens is 412 g/mol. The van der Waals surface area contributed by atoms with E-state index in [0.717, 1.165) is 39.8 Å². The number of benzene rings is 2. The smallest absolute Gasteiger partial charge is 0.211 e. The maximum absolute atomic E-state index is 11.0. The van der Waals surface area contributed by atoms with Gasteiger partial charge in [0.2, 0.25) is 6.41 Å². The number of para-hydroxylation sites is 1. The molecule has 1 saturated carbocycles. The predicted molar refractivity (Wildman–Crippen MR) is 105 cm³/mol. The Morgan fingerprint density at radius 3 is 2.59 bits per heavy atom. The van der Waals surface area contributed by atoms with Crippen molar-refractivity contribution in [2.24, 2.45) is 10.6 Å². The molecule has 0 radical (unpaired) electrons. The first-order valence-corrected chi connectivity index (χ1v) is 9.39. The molecule has 1 unspecified atom stereocenters. The van der Waals surface area contributed by atoms with Gasteiger partial charge in [-0.25, -0.2) is 0 Å². The second-order valence-electron chi connectivity index (χ2n) is 6.62. The second kappa shape index (κ2) is 6.88. The van der Waals surface area contributed by atoms with Crippen molar-refractivity contribution in [2.45, 2.75) is 18.9 Å². The lowest BCUT2D eigenvalue weighted by Crippen LogP contribution is -2.21. The van der Waals surface area contributed by atoms with E-state index in [0.29, 0.717) is 17.9 Å². The molecule has 1 N–H and O–H groups in total. The van der Waals surface area contributed by atoms with Gasteiger partial charge in [-0.2, -0.15) is 0 Å². The molecule has 0 aromatic heterocycles. The maximum Gasteiger partial charge on any atom is 0.211 e. The van der Waals surface area contributed by atoms with Crippen molar-refractivity contribution in [1.82, 2.24) is 0 Å². The quantitative estimate of drug-likeness (QED) is 0.693. The fraction of sp³-hybridized carbons (Fsp3) is 0.300. The first-order valence-electron chi connectivity index (χ1n) is 8.60. The van der Waals surface area contributed by atoms with Crippen LogP contribution >= 0.6 is 15.9 Å². The molecule has 1 spiro atoms. The van der Waals surface area contributed by atoms with Gasteiger partial charge in [0.1, 0.15) is 0 Å². The van der Waals surface area contributed by atoms with E-state index < -0.39 is 0 Å². The van der Waals surface area contributed by atoms with Gasteiger partial charge in [0.15, 0.2) is 17.6 Å². The largest absolute Gasteiger partial charge is 0.493 e. The van der Waals surface area contributed by atoms with Crippen molar-refractivity contribution in [2.75, 3.05) is 19.5 Å². The molecule has 7 heteroatoms. The van der Waals surface area contributed by atoms with Gasteiger partial charge in [0.25, 0.3) is 0 Å². The zero-order valence-electron chi connectivity index (χ0n) is 15.0. The number of amides is 1. The minimum atomic E-state index is -0.231. The zero-order valence-corrected chi connectivity index (χ0v) is 16.6. The number of oxime groups is 1. The van der Waals surface area contributed by atoms with E-state index in [1.807, 2.05) is 36.4 Å². The number of ether oxygens (including phenoxy) is 2. The Morgan fingerprint density at radius 2 is 1.93 bits per heavy atom. The highest BCUT2D eigenvalue weighted by Crippen LogP contribution is 2.63. The highest BCUT2D eigenvalue weighted by molar-refractivity contribution is 9.10. The maximum atomic E-state index is 11.0. The summed E-state index contributed by atoms with van der Waals surface area (Å²) in [5.41, 5.74) is 3.25. The zero-order chi connectivity index (χ0) is 19.0. The van der Waals surface area contributed by atoms with Crippen LogP contribution < -0.4 is 14.8 Å². The van der Waals surface area contributed by atoms with Gasteiger partial charge >= 0.3 is 0 Å². The molecular formula is C20H19BrN2O4. The summed E-state index contributed by atoms with van der Waals surface area (Å²) in [6.07, 6.45) is 2.38. The molecule has 2 aromatic carbocycles. The number of carbonyl (C=O) groups is 1. The van der Waals surface area contributed by atoms with Crippen molar-refractivity contribution < 1.29 is 19.1 Å². The Balaban J connectivity index is 1.73. The molecule has 2 aromatic rings. The van der Waals surface area contributed by atoms with Crippen LogP contribution in [-0.2, 0) is 9.63 Å². The minimum absolute atomic E-state index is 0.206. The van der Waals surface area contributed by atoms with Gasteiger partial charge in [0, 0.05) is 21.3 Å². The van der Waals surface area contributed by atoms with Gasteiger partial charge in [0.05, 0.1) is 25.3 Å². The fourth-order valence-corrected chi connectivity index (χ4v) is 4.21. The van der Waals surface area contributed by atoms with Crippen LogP contribution in [0.4, 0.5) is 5.69 Å². The summed E-state index contributed by atoms with van der Waals surface area (Å²) >= 11 is 3.63. The summed E-state index contributed by atoms with van der Waals surface area (Å²) in [5.74, 6) is 1.30. The van der Waals surface area contributed by atoms with E-state index in [4.69, 9.17) is 14.3 Å². The fourth-order valence-electron chi connectivity index (χ4n) is 3.68. The lowest BCUT2D eigenvalue weighted by molar-refractivity contribution is -0.105. The molecule has 1 fully saturated rings. The van der Waals surface area contributed by atoms with Crippen LogP contribution in [0.25, 0.3) is 0 Å². The molecule has 1 heterocycles. The van der Waals surface area contributed by atoms with E-state index >= 15 is 0 Å². The normalized spacial score (nSPS) is 19.2. The summed E-state index contributed by atoms with van der Waals surface area (Å²) in [6, 6.07) is 11.5. The van der Waals surface area contributed by atoms with Gasteiger partial charge in [-0.15, -0.1) is 0 Å². The van der Waals surface area contributed by atoms with E-state index in [2.05, 4.69) is 26.4 Å². The Morgan fingerprint density at radius 1 is 1.22 bits per heavy atom. The Hall–Kier alpha value is -2.54. The molecule has 2 aliphatic rings. The molecule has 1 atom stereocenters. The SMILES string of the molecule is COc1cc(Br)c(C2ON=C(c3ccccc3NC=O)C23CC3)cc1OC. The molecule has 1 aliphatic heterocycles. The predicted octanol–water partition coefficient (Wildman–Crippen LogP) is 4.29. The summed E-state index contributed by atoms with van der Waals surface area (Å²) in [7, 11) is 3.22. The number of rotatable bonds is 6. The molecule has 0 saturated heterocycles. The lowest BCUT2D eigenvalue weighted by Gasteiger charge is -2.21. The number of methoxy groups -OCH3 is 2. The van der Waals surface area contributed by atoms with Crippen LogP contribution in [0.1, 0.15) is 30.1 Å². The summed E-state index contributed by atoms with van der Waals surface area (Å²) in [6.45, 7) is 0. The number of hydrogen-bond donors (Lipinski definition) is 1. The standard InChI is InChI=1S/C20H19BrN2O4/c1-25-16-9-13(14(21)10-17(16)26-2)19-20(7-8-20)18(23-27-19)12-5-3-4-6-15(12)22-11-24/h3-6,9-11,19H,7-8H2,1-2H3,(H,22,24). The summed E-state index contributed by atoms with van der Waals surface area (Å²) in [5, 5.41) is 7.18. The van der Waals surface area contributed by atoms with Crippen LogP contribution in [0.5, 0.6) is 11.5 Å². The second-order valence-corrected chi connectivity index (χ2v) is 7.47. The monoisotopic (exact) mass is 430 g/mol. The Kier molecular flexibility index (Phi) is 4.55. The topological polar surface area (TPSA) is 69.2 Å². The molecule has 140 valence electrons. The van der Waals surface area contributed by atoms with Crippen molar-refractivity contribution >= 4 is 33.7 Å². The molecule has 0 bridgehead atoms. The number of nitrogens with one attached hydrogen (secondary N) is 1. The highest BCUT2D eigenvalue weighted by atomic mass is 79.9. The number of carbonyl (C=O) groups excluding carboxylic acids is 1. The average Bonchev–Trinajstić information content (AvgIpc) is 3.39. The Bertz CT molecular complexity index is 924. The van der Waals surface area contributed by atoms with E-state index in [9.17, 15) is 4.79 Å². The van der Waals surface area contributed by atoms with Crippen LogP contribution in [0.15, 0.2) is 46.0 Å². The van der Waals surface area contributed by atoms with Crippen LogP contribution in [0, 0.1) is 5.41 Å².